The van der Waals surface area contributed by atoms with Gasteiger partial charge in [-0.1, -0.05) is 6.58 Å². The number of rotatable bonds is 6. The summed E-state index contributed by atoms with van der Waals surface area (Å²) in [6.07, 6.45) is 0. The van der Waals surface area contributed by atoms with E-state index >= 15 is 0 Å². The second-order valence-electron chi connectivity index (χ2n) is 10.4. The first-order chi connectivity index (χ1) is 19.6. The van der Waals surface area contributed by atoms with Gasteiger partial charge in [0.2, 0.25) is 0 Å². The summed E-state index contributed by atoms with van der Waals surface area (Å²) in [6.45, 7) is 13.9. The van der Waals surface area contributed by atoms with Crippen LogP contribution in [0.2, 0.25) is 0 Å². The van der Waals surface area contributed by atoms with Gasteiger partial charge in [-0.2, -0.15) is 4.98 Å². The fraction of sp³-hybridized carbons (Fsp3) is 0.276. The average Bonchev–Trinajstić information content (AvgIpc) is 2.90. The molecule has 0 atom stereocenters. The van der Waals surface area contributed by atoms with Crippen LogP contribution >= 0.6 is 0 Å². The summed E-state index contributed by atoms with van der Waals surface area (Å²) in [7, 11) is 0. The predicted octanol–water partition coefficient (Wildman–Crippen LogP) is 1.00. The van der Waals surface area contributed by atoms with Crippen molar-refractivity contribution in [1.82, 2.24) is 34.8 Å². The van der Waals surface area contributed by atoms with Gasteiger partial charge in [0, 0.05) is 26.2 Å². The Hall–Kier alpha value is -4.97. The first-order valence-electron chi connectivity index (χ1n) is 13.3. The highest BCUT2D eigenvalue weighted by Crippen LogP contribution is 2.36. The van der Waals surface area contributed by atoms with Gasteiger partial charge in [-0.15, -0.1) is 0 Å². The van der Waals surface area contributed by atoms with Gasteiger partial charge >= 0.3 is 5.69 Å². The summed E-state index contributed by atoms with van der Waals surface area (Å²) in [5.41, 5.74) is 6.13. The number of fused-ring (bicyclic) bond motifs is 4. The second-order valence-corrected chi connectivity index (χ2v) is 10.4. The van der Waals surface area contributed by atoms with E-state index in [1.54, 1.807) is 0 Å². The maximum atomic E-state index is 12.7. The lowest BCUT2D eigenvalue weighted by molar-refractivity contribution is 0.603. The average molecular weight is 552 g/mol. The molecule has 4 heterocycles. The van der Waals surface area contributed by atoms with Gasteiger partial charge in [-0.25, -0.2) is 19.8 Å². The van der Waals surface area contributed by atoms with Crippen LogP contribution in [0.15, 0.2) is 43.6 Å². The van der Waals surface area contributed by atoms with Crippen LogP contribution < -0.4 is 37.9 Å². The van der Waals surface area contributed by atoms with E-state index in [-0.39, 0.29) is 27.9 Å². The third-order valence-electron chi connectivity index (χ3n) is 7.54. The number of aryl methyl sites for hydroxylation is 4. The van der Waals surface area contributed by atoms with E-state index in [9.17, 15) is 14.4 Å². The van der Waals surface area contributed by atoms with Gasteiger partial charge in [0.1, 0.15) is 5.48 Å². The van der Waals surface area contributed by atoms with Crippen molar-refractivity contribution in [1.29, 1.82) is 0 Å². The lowest BCUT2D eigenvalue weighted by Crippen LogP contribution is -2.44. The van der Waals surface area contributed by atoms with Gasteiger partial charge < -0.3 is 19.8 Å². The number of benzene rings is 2. The molecule has 1 aromatic heterocycles. The Balaban J connectivity index is 1.29. The Morgan fingerprint density at radius 1 is 0.829 bits per heavy atom. The number of aromatic amines is 2. The zero-order chi connectivity index (χ0) is 29.0. The van der Waals surface area contributed by atoms with Crippen LogP contribution in [0.4, 0.5) is 17.2 Å². The number of aromatic nitrogens is 6. The molecular weight excluding hydrogens is 522 g/mol. The maximum absolute atomic E-state index is 12.7. The van der Waals surface area contributed by atoms with E-state index < -0.39 is 11.2 Å². The molecule has 0 unspecified atom stereocenters. The first kappa shape index (κ1) is 26.3. The molecule has 0 fully saturated rings. The number of H-pyrrole nitrogens is 2. The number of anilines is 2. The summed E-state index contributed by atoms with van der Waals surface area (Å²) in [5.74, 6) is 0.711. The fourth-order valence-electron chi connectivity index (χ4n) is 5.12. The monoisotopic (exact) mass is 551 g/mol. The number of nitrogens with zero attached hydrogens (tertiary/aromatic N) is 6. The number of hydrogen-bond acceptors (Lipinski definition) is 9. The molecular formula is C29H29N9O3. The predicted molar refractivity (Wildman–Crippen MR) is 157 cm³/mol. The molecule has 0 saturated carbocycles. The van der Waals surface area contributed by atoms with Crippen LogP contribution in [0.25, 0.3) is 29.1 Å². The van der Waals surface area contributed by atoms with Gasteiger partial charge in [-0.05, 0) is 74.2 Å². The lowest BCUT2D eigenvalue weighted by atomic mass is 10.1. The molecule has 3 aliphatic heterocycles. The summed E-state index contributed by atoms with van der Waals surface area (Å²) in [5, 5.41) is 3.71. The van der Waals surface area contributed by atoms with Crippen molar-refractivity contribution in [2.45, 2.75) is 34.2 Å². The smallest absolute Gasteiger partial charge is 0.321 e. The molecule has 12 heteroatoms. The standard InChI is InChI=1S/C29H29N9O3/c1-14-10-19-21(12-16(14)3)37(25-23(33-19)27(39)32-18(5)31-25)8-6-30-7-9-38-22-13-17(4)15(2)11-20(22)34-24-26(38)35-29(41)36-28(24)40/h10-13,30H,5-9H2,1-4H3,(H,32,39)(H,36,40,41). The van der Waals surface area contributed by atoms with Crippen molar-refractivity contribution in [2.75, 3.05) is 24.5 Å². The fourth-order valence-corrected chi connectivity index (χ4v) is 5.12. The van der Waals surface area contributed by atoms with E-state index in [4.69, 9.17) is 0 Å². The minimum absolute atomic E-state index is 0.122. The summed E-state index contributed by atoms with van der Waals surface area (Å²) < 4.78 is 1.86. The third kappa shape index (κ3) is 4.61. The van der Waals surface area contributed by atoms with Crippen molar-refractivity contribution in [3.8, 4) is 11.5 Å². The van der Waals surface area contributed by atoms with Gasteiger partial charge in [0.25, 0.3) is 11.1 Å². The minimum atomic E-state index is -0.708. The Labute approximate surface area is 233 Å². The molecule has 3 aromatic rings. The molecule has 2 aromatic carbocycles. The van der Waals surface area contributed by atoms with Gasteiger partial charge in [0.05, 0.1) is 22.4 Å². The lowest BCUT2D eigenvalue weighted by Gasteiger charge is -2.28. The normalized spacial score (nSPS) is 12.4. The molecule has 0 saturated heterocycles. The zero-order valence-corrected chi connectivity index (χ0v) is 23.3. The molecule has 41 heavy (non-hydrogen) atoms. The number of hydrogen-bond donors (Lipinski definition) is 3. The Morgan fingerprint density at radius 2 is 1.54 bits per heavy atom. The highest BCUT2D eigenvalue weighted by Gasteiger charge is 2.23. The molecule has 3 N–H and O–H groups in total. The molecule has 0 bridgehead atoms. The Kier molecular flexibility index (Phi) is 6.34. The molecule has 3 aliphatic rings. The second kappa shape index (κ2) is 9.89. The molecule has 0 spiro atoms. The van der Waals surface area contributed by atoms with Crippen LogP contribution in [0, 0.1) is 27.7 Å². The number of nitrogens with one attached hydrogen (secondary N) is 3. The van der Waals surface area contributed by atoms with Crippen molar-refractivity contribution < 1.29 is 0 Å². The van der Waals surface area contributed by atoms with Gasteiger partial charge in [0.15, 0.2) is 22.7 Å². The van der Waals surface area contributed by atoms with E-state index in [1.807, 2.05) is 55.4 Å². The zero-order valence-electron chi connectivity index (χ0n) is 23.3. The van der Waals surface area contributed by atoms with Crippen LogP contribution in [0.1, 0.15) is 22.3 Å². The van der Waals surface area contributed by atoms with Crippen LogP contribution in [-0.4, -0.2) is 49.1 Å². The minimum Gasteiger partial charge on any atom is -0.321 e. The molecule has 0 amide bonds. The maximum Gasteiger partial charge on any atom is 0.349 e. The summed E-state index contributed by atoms with van der Waals surface area (Å²) in [6, 6.07) is 7.97. The topological polar surface area (TPSA) is 154 Å². The third-order valence-corrected chi connectivity index (χ3v) is 7.54. The van der Waals surface area contributed by atoms with Crippen molar-refractivity contribution >= 4 is 34.8 Å². The van der Waals surface area contributed by atoms with Crippen molar-refractivity contribution in [3.05, 3.63) is 88.5 Å². The highest BCUT2D eigenvalue weighted by atomic mass is 16.2. The molecule has 12 nitrogen and oxygen atoms in total. The largest absolute Gasteiger partial charge is 0.349 e. The molecule has 0 radical (unpaired) electrons. The Morgan fingerprint density at radius 3 is 2.34 bits per heavy atom. The van der Waals surface area contributed by atoms with E-state index in [0.717, 1.165) is 33.5 Å². The van der Waals surface area contributed by atoms with E-state index in [2.05, 4.69) is 47.9 Å². The summed E-state index contributed by atoms with van der Waals surface area (Å²) in [4.78, 5) is 61.9. The highest BCUT2D eigenvalue weighted by molar-refractivity contribution is 5.81. The van der Waals surface area contributed by atoms with Crippen molar-refractivity contribution in [2.24, 2.45) is 4.99 Å². The first-order valence-corrected chi connectivity index (χ1v) is 13.3. The molecule has 6 rings (SSSR count). The van der Waals surface area contributed by atoms with E-state index in [1.165, 1.54) is 0 Å². The molecule has 208 valence electrons. The van der Waals surface area contributed by atoms with Crippen LogP contribution in [-0.2, 0) is 6.54 Å². The van der Waals surface area contributed by atoms with Crippen molar-refractivity contribution in [3.63, 3.8) is 0 Å². The van der Waals surface area contributed by atoms with E-state index in [0.29, 0.717) is 43.2 Å². The SMILES string of the molecule is C=c1nc2c(c(=O)[nH]1)=Nc1cc(C)c(C)cc1N2CCNCCn1c2nc(=O)[nH]c(=O)c-2nc2cc(C)c(C)cc21. The van der Waals surface area contributed by atoms with Gasteiger partial charge in [-0.3, -0.25) is 14.6 Å². The Bertz CT molecular complexity index is 2130. The summed E-state index contributed by atoms with van der Waals surface area (Å²) >= 11 is 0. The quantitative estimate of drug-likeness (QED) is 0.209. The van der Waals surface area contributed by atoms with Crippen LogP contribution in [0.5, 0.6) is 0 Å². The van der Waals surface area contributed by atoms with Crippen LogP contribution in [0.3, 0.4) is 0 Å². The molecule has 0 aliphatic carbocycles.